The third-order valence-electron chi connectivity index (χ3n) is 3.26. The second-order valence-corrected chi connectivity index (χ2v) is 5.24. The molecule has 0 spiro atoms. The van der Waals surface area contributed by atoms with E-state index in [4.69, 9.17) is 9.47 Å². The quantitative estimate of drug-likeness (QED) is 0.753. The highest BCUT2D eigenvalue weighted by molar-refractivity contribution is 5.81. The first-order chi connectivity index (χ1) is 10.2. The van der Waals surface area contributed by atoms with Crippen molar-refractivity contribution >= 4 is 5.96 Å². The summed E-state index contributed by atoms with van der Waals surface area (Å²) in [7, 11) is 0. The monoisotopic (exact) mass is 291 g/mol. The molecule has 2 rings (SSSR count). The van der Waals surface area contributed by atoms with Crippen LogP contribution in [0.15, 0.2) is 23.2 Å². The highest BCUT2D eigenvalue weighted by Crippen LogP contribution is 2.20. The molecule has 1 unspecified atom stereocenters. The molecular formula is C16H25N3O2. The van der Waals surface area contributed by atoms with E-state index in [-0.39, 0.29) is 0 Å². The van der Waals surface area contributed by atoms with Gasteiger partial charge in [-0.15, -0.1) is 0 Å². The molecule has 1 atom stereocenters. The van der Waals surface area contributed by atoms with Crippen molar-refractivity contribution in [2.24, 2.45) is 4.99 Å². The second-order valence-electron chi connectivity index (χ2n) is 5.24. The van der Waals surface area contributed by atoms with Gasteiger partial charge in [0, 0.05) is 24.8 Å². The number of hydrogen-bond acceptors (Lipinski definition) is 5. The minimum absolute atomic E-state index is 0.410. The lowest BCUT2D eigenvalue weighted by molar-refractivity contribution is 0.110. The normalized spacial score (nSPS) is 17.3. The predicted octanol–water partition coefficient (Wildman–Crippen LogP) is 1.85. The van der Waals surface area contributed by atoms with Gasteiger partial charge >= 0.3 is 0 Å². The predicted molar refractivity (Wildman–Crippen MR) is 84.9 cm³/mol. The van der Waals surface area contributed by atoms with E-state index >= 15 is 0 Å². The fourth-order valence-corrected chi connectivity index (χ4v) is 2.14. The number of ether oxygens (including phenoxy) is 2. The zero-order valence-corrected chi connectivity index (χ0v) is 13.1. The molecule has 0 saturated heterocycles. The van der Waals surface area contributed by atoms with Crippen LogP contribution in [0.3, 0.4) is 0 Å². The maximum atomic E-state index is 5.83. The maximum absolute atomic E-state index is 5.83. The minimum Gasteiger partial charge on any atom is -0.491 e. The van der Waals surface area contributed by atoms with Gasteiger partial charge in [0.15, 0.2) is 5.96 Å². The van der Waals surface area contributed by atoms with Crippen molar-refractivity contribution in [2.45, 2.75) is 33.4 Å². The van der Waals surface area contributed by atoms with Crippen LogP contribution in [0.25, 0.3) is 0 Å². The molecule has 0 aliphatic carbocycles. The molecule has 1 aromatic rings. The molecule has 0 saturated carbocycles. The Morgan fingerprint density at radius 1 is 1.38 bits per heavy atom. The molecule has 0 radical (unpaired) electrons. The summed E-state index contributed by atoms with van der Waals surface area (Å²) in [6.45, 7) is 9.59. The first-order valence-corrected chi connectivity index (χ1v) is 7.54. The lowest BCUT2D eigenvalue weighted by atomic mass is 10.1. The molecule has 1 aliphatic rings. The van der Waals surface area contributed by atoms with Gasteiger partial charge in [-0.3, -0.25) is 4.99 Å². The summed E-state index contributed by atoms with van der Waals surface area (Å²) in [6, 6.07) is 6.67. The van der Waals surface area contributed by atoms with Gasteiger partial charge in [0.2, 0.25) is 0 Å². The van der Waals surface area contributed by atoms with Gasteiger partial charge in [-0.25, -0.2) is 0 Å². The van der Waals surface area contributed by atoms with Crippen molar-refractivity contribution in [3.63, 3.8) is 0 Å². The molecule has 1 aromatic carbocycles. The molecule has 0 amide bonds. The SMILES string of the molecule is CCOCCOc1cc(C)ccc1CNC1=NCC(C)N1. The lowest BCUT2D eigenvalue weighted by Gasteiger charge is -2.14. The Labute approximate surface area is 126 Å². The number of aryl methyl sites for hydroxylation is 1. The second kappa shape index (κ2) is 7.88. The Kier molecular flexibility index (Phi) is 5.87. The van der Waals surface area contributed by atoms with Crippen LogP contribution in [0.1, 0.15) is 25.0 Å². The van der Waals surface area contributed by atoms with Crippen molar-refractivity contribution in [1.82, 2.24) is 10.6 Å². The molecule has 2 N–H and O–H groups in total. The number of hydrogen-bond donors (Lipinski definition) is 2. The summed E-state index contributed by atoms with van der Waals surface area (Å²) in [4.78, 5) is 4.40. The van der Waals surface area contributed by atoms with Crippen molar-refractivity contribution < 1.29 is 9.47 Å². The van der Waals surface area contributed by atoms with Crippen LogP contribution in [0.2, 0.25) is 0 Å². The fraction of sp³-hybridized carbons (Fsp3) is 0.562. The molecular weight excluding hydrogens is 266 g/mol. The average molecular weight is 291 g/mol. The number of nitrogens with zero attached hydrogens (tertiary/aromatic N) is 1. The van der Waals surface area contributed by atoms with Crippen LogP contribution in [-0.4, -0.2) is 38.4 Å². The average Bonchev–Trinajstić information content (AvgIpc) is 2.88. The number of guanidine groups is 1. The lowest BCUT2D eigenvalue weighted by Crippen LogP contribution is -2.37. The van der Waals surface area contributed by atoms with E-state index in [1.54, 1.807) is 0 Å². The molecule has 21 heavy (non-hydrogen) atoms. The Morgan fingerprint density at radius 3 is 2.95 bits per heavy atom. The highest BCUT2D eigenvalue weighted by Gasteiger charge is 2.12. The molecule has 5 heteroatoms. The summed E-state index contributed by atoms with van der Waals surface area (Å²) >= 11 is 0. The molecule has 1 heterocycles. The summed E-state index contributed by atoms with van der Waals surface area (Å²) in [5.41, 5.74) is 2.32. The van der Waals surface area contributed by atoms with Crippen LogP contribution in [0.4, 0.5) is 0 Å². The molecule has 0 fully saturated rings. The first-order valence-electron chi connectivity index (χ1n) is 7.54. The van der Waals surface area contributed by atoms with E-state index in [1.165, 1.54) is 5.56 Å². The summed E-state index contributed by atoms with van der Waals surface area (Å²) < 4.78 is 11.1. The number of aliphatic imine (C=N–C) groups is 1. The standard InChI is InChI=1S/C16H25N3O2/c1-4-20-7-8-21-15-9-12(2)5-6-14(15)11-18-16-17-10-13(3)19-16/h5-6,9,13H,4,7-8,10-11H2,1-3H3,(H2,17,18,19). The van der Waals surface area contributed by atoms with Gasteiger partial charge in [0.05, 0.1) is 13.2 Å². The number of rotatable bonds is 7. The summed E-state index contributed by atoms with van der Waals surface area (Å²) in [6.07, 6.45) is 0. The molecule has 5 nitrogen and oxygen atoms in total. The summed E-state index contributed by atoms with van der Waals surface area (Å²) in [5, 5.41) is 6.61. The zero-order chi connectivity index (χ0) is 15.1. The van der Waals surface area contributed by atoms with Gasteiger partial charge in [0.25, 0.3) is 0 Å². The van der Waals surface area contributed by atoms with Crippen LogP contribution >= 0.6 is 0 Å². The van der Waals surface area contributed by atoms with E-state index in [1.807, 2.05) is 6.92 Å². The maximum Gasteiger partial charge on any atom is 0.191 e. The van der Waals surface area contributed by atoms with E-state index < -0.39 is 0 Å². The van der Waals surface area contributed by atoms with Gasteiger partial charge in [0.1, 0.15) is 12.4 Å². The van der Waals surface area contributed by atoms with Crippen molar-refractivity contribution in [3.8, 4) is 5.75 Å². The Bertz CT molecular complexity index is 488. The fourth-order valence-electron chi connectivity index (χ4n) is 2.14. The van der Waals surface area contributed by atoms with Gasteiger partial charge in [-0.05, 0) is 32.4 Å². The van der Waals surface area contributed by atoms with E-state index in [0.29, 0.717) is 25.8 Å². The van der Waals surface area contributed by atoms with Gasteiger partial charge in [-0.2, -0.15) is 0 Å². The Balaban J connectivity index is 1.91. The van der Waals surface area contributed by atoms with Crippen molar-refractivity contribution in [3.05, 3.63) is 29.3 Å². The van der Waals surface area contributed by atoms with Gasteiger partial charge < -0.3 is 20.1 Å². The van der Waals surface area contributed by atoms with Crippen LogP contribution in [0, 0.1) is 6.92 Å². The van der Waals surface area contributed by atoms with Crippen molar-refractivity contribution in [2.75, 3.05) is 26.4 Å². The topological polar surface area (TPSA) is 54.9 Å². The smallest absolute Gasteiger partial charge is 0.191 e. The van der Waals surface area contributed by atoms with Gasteiger partial charge in [-0.1, -0.05) is 12.1 Å². The Morgan fingerprint density at radius 2 is 2.24 bits per heavy atom. The summed E-state index contributed by atoms with van der Waals surface area (Å²) in [5.74, 6) is 1.78. The first kappa shape index (κ1) is 15.6. The minimum atomic E-state index is 0.410. The van der Waals surface area contributed by atoms with Crippen molar-refractivity contribution in [1.29, 1.82) is 0 Å². The van der Waals surface area contributed by atoms with E-state index in [9.17, 15) is 0 Å². The van der Waals surface area contributed by atoms with E-state index in [2.05, 4.69) is 47.7 Å². The van der Waals surface area contributed by atoms with E-state index in [0.717, 1.165) is 30.4 Å². The highest BCUT2D eigenvalue weighted by atomic mass is 16.5. The third kappa shape index (κ3) is 4.93. The molecule has 0 bridgehead atoms. The third-order valence-corrected chi connectivity index (χ3v) is 3.26. The number of nitrogens with one attached hydrogen (secondary N) is 2. The largest absolute Gasteiger partial charge is 0.491 e. The van der Waals surface area contributed by atoms with Crippen LogP contribution < -0.4 is 15.4 Å². The molecule has 116 valence electrons. The van der Waals surface area contributed by atoms with Crippen LogP contribution in [0.5, 0.6) is 5.75 Å². The molecule has 1 aliphatic heterocycles. The molecule has 0 aromatic heterocycles. The zero-order valence-electron chi connectivity index (χ0n) is 13.1. The van der Waals surface area contributed by atoms with Crippen LogP contribution in [-0.2, 0) is 11.3 Å². The number of benzene rings is 1. The Hall–Kier alpha value is -1.75.